The Morgan fingerprint density at radius 3 is 3.00 bits per heavy atom. The Morgan fingerprint density at radius 1 is 1.30 bits per heavy atom. The number of carbonyl (C=O) groups excluding carboxylic acids is 1. The summed E-state index contributed by atoms with van der Waals surface area (Å²) in [6.45, 7) is 5.89. The molecular formula is C25H32N2O3. The molecule has 160 valence electrons. The zero-order valence-electron chi connectivity index (χ0n) is 18.2. The number of aromatic nitrogens is 1. The molecule has 5 atom stereocenters. The maximum absolute atomic E-state index is 12.7. The molecule has 2 heterocycles. The van der Waals surface area contributed by atoms with Crippen LogP contribution in [0.1, 0.15) is 51.2 Å². The van der Waals surface area contributed by atoms with Gasteiger partial charge in [0.15, 0.2) is 0 Å². The minimum Gasteiger partial charge on any atom is -0.384 e. The molecule has 1 aromatic heterocycles. The van der Waals surface area contributed by atoms with E-state index in [-0.39, 0.29) is 28.9 Å². The van der Waals surface area contributed by atoms with Crippen molar-refractivity contribution in [1.29, 1.82) is 0 Å². The first-order valence-corrected chi connectivity index (χ1v) is 11.2. The van der Waals surface area contributed by atoms with Crippen LogP contribution >= 0.6 is 0 Å². The Morgan fingerprint density at radius 2 is 2.17 bits per heavy atom. The van der Waals surface area contributed by atoms with Crippen molar-refractivity contribution in [2.24, 2.45) is 22.7 Å². The number of ether oxygens (including phenoxy) is 2. The number of amides is 1. The van der Waals surface area contributed by atoms with Gasteiger partial charge in [0.1, 0.15) is 0 Å². The molecular weight excluding hydrogens is 376 g/mol. The van der Waals surface area contributed by atoms with Gasteiger partial charge in [-0.05, 0) is 59.6 Å². The third kappa shape index (κ3) is 2.89. The lowest BCUT2D eigenvalue weighted by atomic mass is 9.58. The molecule has 1 aliphatic heterocycles. The van der Waals surface area contributed by atoms with E-state index in [4.69, 9.17) is 9.47 Å². The number of hydrogen-bond acceptors (Lipinski definition) is 4. The standard InChI is InChI=1S/C25H32N2O3/c1-24(2)16-14-19-22(18-6-4-8-20-17(18)7-5-11-26-20)30-13-10-25(19,15-16)23(24)27-21(28)9-12-29-3/h4-8,11,16,19,22-23H,9-10,12-15H2,1-3H3,(H,27,28)/t16-,19-,22-,23+,25-/m1/s1. The van der Waals surface area contributed by atoms with Crippen molar-refractivity contribution >= 4 is 16.8 Å². The molecule has 0 radical (unpaired) electrons. The van der Waals surface area contributed by atoms with E-state index >= 15 is 0 Å². The molecule has 2 aromatic rings. The molecule has 1 N–H and O–H groups in total. The molecule has 1 saturated heterocycles. The van der Waals surface area contributed by atoms with Crippen molar-refractivity contribution in [2.75, 3.05) is 20.3 Å². The van der Waals surface area contributed by atoms with Gasteiger partial charge < -0.3 is 14.8 Å². The highest BCUT2D eigenvalue weighted by atomic mass is 16.5. The molecule has 0 unspecified atom stereocenters. The smallest absolute Gasteiger partial charge is 0.222 e. The molecule has 1 amide bonds. The van der Waals surface area contributed by atoms with Crippen LogP contribution in [-0.2, 0) is 14.3 Å². The second kappa shape index (κ2) is 7.31. The van der Waals surface area contributed by atoms with E-state index in [0.29, 0.717) is 24.9 Å². The van der Waals surface area contributed by atoms with E-state index in [9.17, 15) is 4.79 Å². The zero-order valence-corrected chi connectivity index (χ0v) is 18.2. The number of methoxy groups -OCH3 is 1. The van der Waals surface area contributed by atoms with Crippen LogP contribution in [0.3, 0.4) is 0 Å². The van der Waals surface area contributed by atoms with Gasteiger partial charge in [-0.1, -0.05) is 32.0 Å². The van der Waals surface area contributed by atoms with Gasteiger partial charge in [-0.25, -0.2) is 0 Å². The molecule has 30 heavy (non-hydrogen) atoms. The highest BCUT2D eigenvalue weighted by molar-refractivity contribution is 5.82. The Hall–Kier alpha value is -1.98. The summed E-state index contributed by atoms with van der Waals surface area (Å²) in [5.41, 5.74) is 2.47. The topological polar surface area (TPSA) is 60.5 Å². The van der Waals surface area contributed by atoms with Crippen LogP contribution in [0.25, 0.3) is 10.9 Å². The normalized spacial score (nSPS) is 34.1. The van der Waals surface area contributed by atoms with Crippen molar-refractivity contribution in [3.63, 3.8) is 0 Å². The molecule has 1 aromatic carbocycles. The molecule has 5 heteroatoms. The second-order valence-corrected chi connectivity index (χ2v) is 10.00. The number of hydrogen-bond donors (Lipinski definition) is 1. The van der Waals surface area contributed by atoms with E-state index in [1.807, 2.05) is 12.3 Å². The first-order chi connectivity index (χ1) is 14.5. The molecule has 2 aliphatic carbocycles. The number of nitrogens with zero attached hydrogens (tertiary/aromatic N) is 1. The summed E-state index contributed by atoms with van der Waals surface area (Å²) in [4.78, 5) is 17.2. The predicted octanol–water partition coefficient (Wildman–Crippen LogP) is 4.27. The van der Waals surface area contributed by atoms with E-state index in [1.54, 1.807) is 7.11 Å². The van der Waals surface area contributed by atoms with Crippen molar-refractivity contribution in [2.45, 2.75) is 51.7 Å². The van der Waals surface area contributed by atoms with Gasteiger partial charge in [0.2, 0.25) is 5.91 Å². The minimum atomic E-state index is 0.0612. The highest BCUT2D eigenvalue weighted by Gasteiger charge is 2.68. The van der Waals surface area contributed by atoms with Crippen molar-refractivity contribution in [1.82, 2.24) is 10.3 Å². The van der Waals surface area contributed by atoms with Crippen molar-refractivity contribution in [3.8, 4) is 0 Å². The predicted molar refractivity (Wildman–Crippen MR) is 116 cm³/mol. The Bertz CT molecular complexity index is 953. The maximum atomic E-state index is 12.7. The largest absolute Gasteiger partial charge is 0.384 e. The SMILES string of the molecule is COCCC(=O)N[C@H]1C(C)(C)[C@@H]2C[C@@H]3[C@@H](c4cccc5ncccc45)OCC[C@@]31C2. The average Bonchev–Trinajstić information content (AvgIpc) is 3.24. The summed E-state index contributed by atoms with van der Waals surface area (Å²) < 4.78 is 11.6. The summed E-state index contributed by atoms with van der Waals surface area (Å²) in [5.74, 6) is 1.13. The number of benzene rings is 1. The summed E-state index contributed by atoms with van der Waals surface area (Å²) >= 11 is 0. The Balaban J connectivity index is 1.50. The van der Waals surface area contributed by atoms with Crippen LogP contribution in [0, 0.1) is 22.7 Å². The molecule has 1 spiro atoms. The highest BCUT2D eigenvalue weighted by Crippen LogP contribution is 2.70. The van der Waals surface area contributed by atoms with Gasteiger partial charge in [0.25, 0.3) is 0 Å². The van der Waals surface area contributed by atoms with Crippen LogP contribution in [0.4, 0.5) is 0 Å². The lowest BCUT2D eigenvalue weighted by Gasteiger charge is -2.53. The number of rotatable bonds is 5. The van der Waals surface area contributed by atoms with Crippen molar-refractivity contribution in [3.05, 3.63) is 42.1 Å². The van der Waals surface area contributed by atoms with Gasteiger partial charge in [-0.3, -0.25) is 9.78 Å². The van der Waals surface area contributed by atoms with Crippen molar-refractivity contribution < 1.29 is 14.3 Å². The molecule has 3 aliphatic rings. The van der Waals surface area contributed by atoms with Crippen LogP contribution < -0.4 is 5.32 Å². The number of fused-ring (bicyclic) bond motifs is 2. The number of carbonyl (C=O) groups is 1. The summed E-state index contributed by atoms with van der Waals surface area (Å²) in [7, 11) is 1.64. The Kier molecular flexibility index (Phi) is 4.86. The molecule has 2 bridgehead atoms. The fraction of sp³-hybridized carbons (Fsp3) is 0.600. The summed E-state index contributed by atoms with van der Waals surface area (Å²) in [5, 5.41) is 4.63. The lowest BCUT2D eigenvalue weighted by molar-refractivity contribution is -0.137. The second-order valence-electron chi connectivity index (χ2n) is 10.00. The third-order valence-electron chi connectivity index (χ3n) is 8.33. The van der Waals surface area contributed by atoms with Crippen LogP contribution in [-0.4, -0.2) is 37.3 Å². The average molecular weight is 409 g/mol. The molecule has 2 saturated carbocycles. The van der Waals surface area contributed by atoms with Gasteiger partial charge in [0, 0.05) is 37.8 Å². The molecule has 3 fully saturated rings. The molecule has 5 rings (SSSR count). The van der Waals surface area contributed by atoms with Gasteiger partial charge in [0.05, 0.1) is 18.2 Å². The lowest BCUT2D eigenvalue weighted by Crippen LogP contribution is -2.59. The zero-order chi connectivity index (χ0) is 20.9. The fourth-order valence-electron chi connectivity index (χ4n) is 6.90. The van der Waals surface area contributed by atoms with Crippen LogP contribution in [0.15, 0.2) is 36.5 Å². The molecule has 5 nitrogen and oxygen atoms in total. The van der Waals surface area contributed by atoms with E-state index < -0.39 is 0 Å². The van der Waals surface area contributed by atoms with E-state index in [1.165, 1.54) is 23.8 Å². The Labute approximate surface area is 178 Å². The third-order valence-corrected chi connectivity index (χ3v) is 8.33. The van der Waals surface area contributed by atoms with Crippen LogP contribution in [0.2, 0.25) is 0 Å². The van der Waals surface area contributed by atoms with E-state index in [2.05, 4.69) is 48.4 Å². The minimum absolute atomic E-state index is 0.0612. The number of pyridine rings is 1. The summed E-state index contributed by atoms with van der Waals surface area (Å²) in [6, 6.07) is 10.7. The summed E-state index contributed by atoms with van der Waals surface area (Å²) in [6.07, 6.45) is 5.70. The van der Waals surface area contributed by atoms with Gasteiger partial charge >= 0.3 is 0 Å². The first-order valence-electron chi connectivity index (χ1n) is 11.2. The quantitative estimate of drug-likeness (QED) is 0.803. The van der Waals surface area contributed by atoms with Crippen LogP contribution in [0.5, 0.6) is 0 Å². The van der Waals surface area contributed by atoms with Gasteiger partial charge in [-0.2, -0.15) is 0 Å². The fourth-order valence-corrected chi connectivity index (χ4v) is 6.90. The van der Waals surface area contributed by atoms with Gasteiger partial charge in [-0.15, -0.1) is 0 Å². The number of nitrogens with one attached hydrogen (secondary N) is 1. The first kappa shape index (κ1) is 20.0. The maximum Gasteiger partial charge on any atom is 0.222 e. The van der Waals surface area contributed by atoms with E-state index in [0.717, 1.165) is 18.5 Å². The monoisotopic (exact) mass is 408 g/mol.